The van der Waals surface area contributed by atoms with E-state index in [1.165, 1.54) is 30.3 Å². The van der Waals surface area contributed by atoms with Gasteiger partial charge < -0.3 is 34.6 Å². The normalized spacial score (nSPS) is 21.3. The highest BCUT2D eigenvalue weighted by Gasteiger charge is 2.44. The van der Waals surface area contributed by atoms with Crippen molar-refractivity contribution in [2.75, 3.05) is 11.9 Å². The van der Waals surface area contributed by atoms with E-state index in [2.05, 4.69) is 20.5 Å². The number of aromatic carboxylic acids is 1. The molecule has 3 N–H and O–H groups in total. The first-order valence-corrected chi connectivity index (χ1v) is 14.8. The smallest absolute Gasteiger partial charge is 0.492 e. The summed E-state index contributed by atoms with van der Waals surface area (Å²) in [7, 11) is 0. The van der Waals surface area contributed by atoms with Crippen LogP contribution in [0.1, 0.15) is 73.0 Å². The Balaban J connectivity index is 1.15. The highest BCUT2D eigenvalue weighted by atomic mass is 19.4. The third-order valence-electron chi connectivity index (χ3n) is 8.44. The number of para-hydroxylation sites is 1. The zero-order chi connectivity index (χ0) is 31.0. The first-order valence-electron chi connectivity index (χ1n) is 14.8. The molecule has 1 aliphatic carbocycles. The molecule has 2 unspecified atom stereocenters. The van der Waals surface area contributed by atoms with Crippen LogP contribution in [0.4, 0.5) is 23.7 Å². The number of benzene rings is 2. The first-order chi connectivity index (χ1) is 21.1. The van der Waals surface area contributed by atoms with Crippen LogP contribution in [0.3, 0.4) is 0 Å². The minimum absolute atomic E-state index is 0.00848. The Morgan fingerprint density at radius 3 is 2.45 bits per heavy atom. The number of ether oxygens (including phenoxy) is 2. The Labute approximate surface area is 251 Å². The van der Waals surface area contributed by atoms with Gasteiger partial charge in [0.2, 0.25) is 0 Å². The molecule has 1 aromatic heterocycles. The Kier molecular flexibility index (Phi) is 8.14. The number of nitrogens with one attached hydrogen (secondary N) is 2. The Hall–Kier alpha value is -4.26. The van der Waals surface area contributed by atoms with Gasteiger partial charge in [-0.25, -0.2) is 9.59 Å². The predicted molar refractivity (Wildman–Crippen MR) is 153 cm³/mol. The lowest BCUT2D eigenvalue weighted by Crippen LogP contribution is -2.52. The number of halogens is 3. The molecule has 0 spiro atoms. The summed E-state index contributed by atoms with van der Waals surface area (Å²) in [6.07, 6.45) is 0.124. The van der Waals surface area contributed by atoms with Crippen LogP contribution in [0.5, 0.6) is 11.5 Å². The van der Waals surface area contributed by atoms with Crippen molar-refractivity contribution in [2.24, 2.45) is 0 Å². The molecule has 3 heterocycles. The third-order valence-corrected chi connectivity index (χ3v) is 8.44. The summed E-state index contributed by atoms with van der Waals surface area (Å²) in [5.41, 5.74) is 1.75. The standard InChI is InChI=1S/C31H33F3N4O6/c1-2-42-26-13-18(29(39)40)9-12-24(26)36-30(41)38-20-10-11-21(38)15-19(14-20)35-16-23-27(37-44-28(23)17-7-8-17)22-5-3-4-6-25(22)43-31(32,33)34/h3-6,9,12-13,17,19-21,35H,2,7-8,10-11,14-16H2,1H3,(H,36,41)(H,39,40). The van der Waals surface area contributed by atoms with Gasteiger partial charge in [0.05, 0.1) is 17.9 Å². The minimum Gasteiger partial charge on any atom is -0.492 e. The van der Waals surface area contributed by atoms with Gasteiger partial charge in [0.25, 0.3) is 0 Å². The summed E-state index contributed by atoms with van der Waals surface area (Å²) in [5.74, 6) is -0.246. The van der Waals surface area contributed by atoms with Crippen molar-refractivity contribution < 1.29 is 41.9 Å². The second-order valence-corrected chi connectivity index (χ2v) is 11.4. The van der Waals surface area contributed by atoms with E-state index in [1.807, 2.05) is 4.90 Å². The fourth-order valence-electron chi connectivity index (χ4n) is 6.38. The molecule has 6 rings (SSSR count). The molecule has 3 aliphatic rings. The summed E-state index contributed by atoms with van der Waals surface area (Å²) in [6.45, 7) is 2.45. The number of hydrogen-bond acceptors (Lipinski definition) is 7. The van der Waals surface area contributed by atoms with Gasteiger partial charge >= 0.3 is 18.4 Å². The fraction of sp³-hybridized carbons (Fsp3) is 0.452. The highest BCUT2D eigenvalue weighted by molar-refractivity contribution is 5.94. The van der Waals surface area contributed by atoms with Crippen LogP contribution in [-0.2, 0) is 6.54 Å². The second-order valence-electron chi connectivity index (χ2n) is 11.4. The van der Waals surface area contributed by atoms with Gasteiger partial charge in [-0.15, -0.1) is 13.2 Å². The van der Waals surface area contributed by atoms with Crippen LogP contribution >= 0.6 is 0 Å². The lowest BCUT2D eigenvalue weighted by molar-refractivity contribution is -0.274. The average molecular weight is 615 g/mol. The quantitative estimate of drug-likeness (QED) is 0.235. The number of rotatable bonds is 10. The first kappa shape index (κ1) is 29.8. The van der Waals surface area contributed by atoms with Crippen molar-refractivity contribution in [3.8, 4) is 22.8 Å². The monoisotopic (exact) mass is 614 g/mol. The number of piperidine rings is 1. The van der Waals surface area contributed by atoms with Crippen LogP contribution in [-0.4, -0.2) is 58.3 Å². The number of hydrogen-bond donors (Lipinski definition) is 3. The highest BCUT2D eigenvalue weighted by Crippen LogP contribution is 2.46. The molecule has 2 amide bonds. The van der Waals surface area contributed by atoms with Gasteiger partial charge in [0, 0.05) is 41.7 Å². The Bertz CT molecular complexity index is 1520. The lowest BCUT2D eigenvalue weighted by atomic mass is 9.96. The van der Waals surface area contributed by atoms with E-state index in [1.54, 1.807) is 19.1 Å². The molecule has 2 saturated heterocycles. The summed E-state index contributed by atoms with van der Waals surface area (Å²) in [6, 6.07) is 10.1. The molecule has 2 atom stereocenters. The lowest BCUT2D eigenvalue weighted by Gasteiger charge is -2.39. The summed E-state index contributed by atoms with van der Waals surface area (Å²) in [5, 5.41) is 20.0. The van der Waals surface area contributed by atoms with Crippen LogP contribution in [0.25, 0.3) is 11.3 Å². The molecule has 13 heteroatoms. The molecule has 3 aromatic rings. The van der Waals surface area contributed by atoms with E-state index in [-0.39, 0.29) is 47.0 Å². The number of aromatic nitrogens is 1. The van der Waals surface area contributed by atoms with Crippen molar-refractivity contribution in [3.63, 3.8) is 0 Å². The number of urea groups is 1. The summed E-state index contributed by atoms with van der Waals surface area (Å²) in [4.78, 5) is 26.7. The van der Waals surface area contributed by atoms with Gasteiger partial charge in [0.15, 0.2) is 0 Å². The molecule has 1 saturated carbocycles. The number of carboxylic acid groups (broad SMARTS) is 1. The number of alkyl halides is 3. The Morgan fingerprint density at radius 1 is 1.07 bits per heavy atom. The average Bonchev–Trinajstić information content (AvgIpc) is 3.67. The van der Waals surface area contributed by atoms with E-state index in [0.717, 1.165) is 31.2 Å². The minimum atomic E-state index is -4.84. The number of amides is 2. The second kappa shape index (κ2) is 12.0. The van der Waals surface area contributed by atoms with E-state index < -0.39 is 12.3 Å². The molecular weight excluding hydrogens is 581 g/mol. The number of anilines is 1. The molecular formula is C31H33F3N4O6. The number of carboxylic acids is 1. The van der Waals surface area contributed by atoms with Crippen molar-refractivity contribution in [3.05, 3.63) is 59.4 Å². The number of fused-ring (bicyclic) bond motifs is 2. The molecule has 44 heavy (non-hydrogen) atoms. The van der Waals surface area contributed by atoms with Crippen molar-refractivity contribution in [1.29, 1.82) is 0 Å². The maximum atomic E-state index is 13.4. The topological polar surface area (TPSA) is 126 Å². The van der Waals surface area contributed by atoms with Crippen LogP contribution in [0.2, 0.25) is 0 Å². The van der Waals surface area contributed by atoms with Crippen molar-refractivity contribution in [2.45, 2.75) is 82.4 Å². The van der Waals surface area contributed by atoms with Gasteiger partial charge in [-0.05, 0) is 75.8 Å². The van der Waals surface area contributed by atoms with Gasteiger partial charge in [-0.3, -0.25) is 0 Å². The molecule has 2 aromatic carbocycles. The van der Waals surface area contributed by atoms with Gasteiger partial charge in [0.1, 0.15) is 23.0 Å². The largest absolute Gasteiger partial charge is 0.573 e. The van der Waals surface area contributed by atoms with Crippen molar-refractivity contribution >= 4 is 17.7 Å². The fourth-order valence-corrected chi connectivity index (χ4v) is 6.38. The predicted octanol–water partition coefficient (Wildman–Crippen LogP) is 6.53. The molecule has 10 nitrogen and oxygen atoms in total. The van der Waals surface area contributed by atoms with Crippen LogP contribution in [0.15, 0.2) is 47.0 Å². The maximum absolute atomic E-state index is 13.4. The zero-order valence-corrected chi connectivity index (χ0v) is 24.0. The third kappa shape index (κ3) is 6.33. The van der Waals surface area contributed by atoms with E-state index >= 15 is 0 Å². The van der Waals surface area contributed by atoms with E-state index in [9.17, 15) is 27.9 Å². The maximum Gasteiger partial charge on any atom is 0.573 e. The van der Waals surface area contributed by atoms with Gasteiger partial charge in [-0.1, -0.05) is 17.3 Å². The van der Waals surface area contributed by atoms with Gasteiger partial charge in [-0.2, -0.15) is 0 Å². The molecule has 0 radical (unpaired) electrons. The molecule has 2 aliphatic heterocycles. The number of nitrogens with zero attached hydrogens (tertiary/aromatic N) is 2. The Morgan fingerprint density at radius 2 is 1.80 bits per heavy atom. The zero-order valence-electron chi connectivity index (χ0n) is 24.0. The SMILES string of the molecule is CCOc1cc(C(=O)O)ccc1NC(=O)N1C2CCC1CC(NCc1c(-c3ccccc3OC(F)(F)F)noc1C1CC1)C2. The van der Waals surface area contributed by atoms with Crippen molar-refractivity contribution in [1.82, 2.24) is 15.4 Å². The van der Waals surface area contributed by atoms with Crippen LogP contribution < -0.4 is 20.1 Å². The molecule has 2 bridgehead atoms. The van der Waals surface area contributed by atoms with E-state index in [4.69, 9.17) is 9.26 Å². The van der Waals surface area contributed by atoms with Crippen LogP contribution in [0, 0.1) is 0 Å². The number of carbonyl (C=O) groups excluding carboxylic acids is 1. The van der Waals surface area contributed by atoms with E-state index in [0.29, 0.717) is 48.9 Å². The molecule has 234 valence electrons. The number of carbonyl (C=O) groups is 2. The molecule has 3 fully saturated rings. The summed E-state index contributed by atoms with van der Waals surface area (Å²) >= 11 is 0. The summed E-state index contributed by atoms with van der Waals surface area (Å²) < 4.78 is 54.9.